The molecular weight excluding hydrogens is 722 g/mol. The number of nitrogens with one attached hydrogen (secondary N) is 7. The van der Waals surface area contributed by atoms with Crippen LogP contribution >= 0.6 is 0 Å². The van der Waals surface area contributed by atoms with E-state index in [9.17, 15) is 38.7 Å². The third-order valence-corrected chi connectivity index (χ3v) is 8.18. The number of carboxylic acid groups (broad SMARTS) is 1. The van der Waals surface area contributed by atoms with E-state index in [4.69, 9.17) is 28.0 Å². The second-order valence-electron chi connectivity index (χ2n) is 12.4. The standard InChI is InChI=1S/C33H47N13O9/c34-20(15-47)28(51)43-23(7-8-26(35)48)30(53)45-24(10-17-12-40-21-5-2-1-4-19(17)21)31(54)46-25(11-18-13-38-16-42-18)32(55)44-22(6-3-9-39-33(36)37)29(52)41-14-27(49)50/h1-2,4-5,12-13,16,20,22-25,40,47H,3,6-11,14-15,34H2,(H2,35,48)(H,38,42)(H,41,52)(H,43,51)(H,44,55)(H,45,53)(H,46,54)(H,49,50)(H4,36,37,39)/t20-,22-,23-,24-,25-/m0/s1. The number of aliphatic imine (C=N–C) groups is 1. The number of hydrogen-bond acceptors (Lipinski definition) is 11. The Kier molecular flexibility index (Phi) is 16.5. The van der Waals surface area contributed by atoms with Gasteiger partial charge in [-0.3, -0.25) is 38.6 Å². The first kappa shape index (κ1) is 42.9. The van der Waals surface area contributed by atoms with Crippen molar-refractivity contribution in [2.75, 3.05) is 19.7 Å². The number of aliphatic hydroxyl groups excluding tert-OH is 1. The topological polar surface area (TPSA) is 381 Å². The van der Waals surface area contributed by atoms with Crippen LogP contribution in [0.25, 0.3) is 10.9 Å². The molecule has 0 saturated heterocycles. The van der Waals surface area contributed by atoms with Gasteiger partial charge < -0.3 is 69.7 Å². The lowest BCUT2D eigenvalue weighted by atomic mass is 10.0. The molecule has 2 heterocycles. The van der Waals surface area contributed by atoms with Gasteiger partial charge in [-0.05, 0) is 30.9 Å². The molecule has 0 bridgehead atoms. The molecule has 1 aromatic carbocycles. The Hall–Kier alpha value is -6.55. The van der Waals surface area contributed by atoms with Crippen LogP contribution in [0.1, 0.15) is 36.9 Å². The molecule has 2 aromatic heterocycles. The van der Waals surface area contributed by atoms with E-state index in [1.54, 1.807) is 30.5 Å². The number of nitrogens with two attached hydrogens (primary N) is 4. The largest absolute Gasteiger partial charge is 0.480 e. The van der Waals surface area contributed by atoms with Gasteiger partial charge in [0.25, 0.3) is 0 Å². The molecule has 3 aromatic rings. The van der Waals surface area contributed by atoms with E-state index in [2.05, 4.69) is 46.5 Å². The molecule has 6 amide bonds. The number of carbonyl (C=O) groups excluding carboxylic acids is 6. The van der Waals surface area contributed by atoms with Gasteiger partial charge in [-0.2, -0.15) is 0 Å². The van der Waals surface area contributed by atoms with Crippen molar-refractivity contribution in [1.82, 2.24) is 41.5 Å². The first-order chi connectivity index (χ1) is 26.2. The molecule has 55 heavy (non-hydrogen) atoms. The highest BCUT2D eigenvalue weighted by atomic mass is 16.4. The molecule has 5 atom stereocenters. The van der Waals surface area contributed by atoms with Crippen LogP contribution in [0.3, 0.4) is 0 Å². The second-order valence-corrected chi connectivity index (χ2v) is 12.4. The Morgan fingerprint density at radius 1 is 0.800 bits per heavy atom. The summed E-state index contributed by atoms with van der Waals surface area (Å²) in [5.74, 6) is -6.60. The number of carboxylic acids is 1. The molecule has 22 nitrogen and oxygen atoms in total. The molecule has 22 heteroatoms. The quantitative estimate of drug-likeness (QED) is 0.0246. The zero-order valence-electron chi connectivity index (χ0n) is 29.7. The van der Waals surface area contributed by atoms with E-state index < -0.39 is 84.8 Å². The minimum Gasteiger partial charge on any atom is -0.480 e. The summed E-state index contributed by atoms with van der Waals surface area (Å²) in [5.41, 5.74) is 23.4. The Bertz CT molecular complexity index is 1830. The van der Waals surface area contributed by atoms with Crippen molar-refractivity contribution in [1.29, 1.82) is 0 Å². The normalized spacial score (nSPS) is 13.6. The predicted octanol–water partition coefficient (Wildman–Crippen LogP) is -4.55. The summed E-state index contributed by atoms with van der Waals surface area (Å²) < 4.78 is 0. The van der Waals surface area contributed by atoms with Crippen LogP contribution in [0.5, 0.6) is 0 Å². The lowest BCUT2D eigenvalue weighted by Gasteiger charge is -2.26. The van der Waals surface area contributed by atoms with Gasteiger partial charge in [-0.15, -0.1) is 0 Å². The van der Waals surface area contributed by atoms with Crippen molar-refractivity contribution in [3.05, 3.63) is 54.2 Å². The second kappa shape index (κ2) is 21.2. The first-order valence-electron chi connectivity index (χ1n) is 17.1. The van der Waals surface area contributed by atoms with Gasteiger partial charge in [0.15, 0.2) is 5.96 Å². The summed E-state index contributed by atoms with van der Waals surface area (Å²) in [5, 5.41) is 31.5. The number of benzene rings is 1. The summed E-state index contributed by atoms with van der Waals surface area (Å²) in [7, 11) is 0. The maximum absolute atomic E-state index is 14.2. The van der Waals surface area contributed by atoms with E-state index in [-0.39, 0.29) is 51.0 Å². The van der Waals surface area contributed by atoms with E-state index >= 15 is 0 Å². The van der Waals surface area contributed by atoms with Crippen molar-refractivity contribution < 1.29 is 43.8 Å². The molecule has 298 valence electrons. The predicted molar refractivity (Wildman–Crippen MR) is 196 cm³/mol. The fourth-order valence-electron chi connectivity index (χ4n) is 5.35. The van der Waals surface area contributed by atoms with Gasteiger partial charge in [-0.1, -0.05) is 18.2 Å². The number of carbonyl (C=O) groups is 7. The fraction of sp³-hybridized carbons (Fsp3) is 0.424. The average molecular weight is 770 g/mol. The summed E-state index contributed by atoms with van der Waals surface area (Å²) in [4.78, 5) is 104. The number of nitrogens with zero attached hydrogens (tertiary/aromatic N) is 2. The fourth-order valence-corrected chi connectivity index (χ4v) is 5.35. The van der Waals surface area contributed by atoms with Crippen LogP contribution in [0, 0.1) is 0 Å². The van der Waals surface area contributed by atoms with Crippen LogP contribution in [0.2, 0.25) is 0 Å². The molecule has 0 unspecified atom stereocenters. The highest BCUT2D eigenvalue weighted by Gasteiger charge is 2.33. The van der Waals surface area contributed by atoms with E-state index in [0.717, 1.165) is 10.9 Å². The maximum atomic E-state index is 14.2. The number of para-hydroxylation sites is 1. The highest BCUT2D eigenvalue weighted by Crippen LogP contribution is 2.19. The summed E-state index contributed by atoms with van der Waals surface area (Å²) in [6.07, 6.45) is 3.69. The number of aromatic amines is 2. The number of H-pyrrole nitrogens is 2. The van der Waals surface area contributed by atoms with Crippen molar-refractivity contribution in [2.45, 2.75) is 68.7 Å². The molecule has 0 saturated carbocycles. The Balaban J connectivity index is 1.94. The van der Waals surface area contributed by atoms with Crippen molar-refractivity contribution >= 4 is 58.3 Å². The lowest BCUT2D eigenvalue weighted by Crippen LogP contribution is -2.60. The molecule has 17 N–H and O–H groups in total. The van der Waals surface area contributed by atoms with Crippen LogP contribution in [0.15, 0.2) is 48.0 Å². The minimum absolute atomic E-state index is 0.0176. The zero-order valence-corrected chi connectivity index (χ0v) is 29.7. The van der Waals surface area contributed by atoms with Crippen LogP contribution in [-0.4, -0.2) is 122 Å². The third kappa shape index (κ3) is 14.1. The minimum atomic E-state index is -1.41. The molecule has 0 aliphatic rings. The number of aliphatic carboxylic acids is 1. The number of rotatable bonds is 23. The molecular formula is C33H47N13O9. The summed E-state index contributed by atoms with van der Waals surface area (Å²) in [6, 6.07) is 0.294. The van der Waals surface area contributed by atoms with Crippen molar-refractivity contribution in [3.8, 4) is 0 Å². The van der Waals surface area contributed by atoms with Gasteiger partial charge in [-0.25, -0.2) is 4.98 Å². The maximum Gasteiger partial charge on any atom is 0.322 e. The molecule has 0 radical (unpaired) electrons. The number of hydrogen-bond donors (Lipinski definition) is 13. The third-order valence-electron chi connectivity index (χ3n) is 8.18. The number of fused-ring (bicyclic) bond motifs is 1. The monoisotopic (exact) mass is 769 g/mol. The molecule has 0 aliphatic heterocycles. The average Bonchev–Trinajstić information content (AvgIpc) is 3.82. The number of aliphatic hydroxyl groups is 1. The number of guanidine groups is 1. The Morgan fingerprint density at radius 2 is 1.42 bits per heavy atom. The van der Waals surface area contributed by atoms with E-state index in [0.29, 0.717) is 11.3 Å². The Labute approximate surface area is 314 Å². The van der Waals surface area contributed by atoms with Crippen molar-refractivity contribution in [2.24, 2.45) is 27.9 Å². The number of aromatic nitrogens is 3. The van der Waals surface area contributed by atoms with E-state index in [1.165, 1.54) is 12.5 Å². The number of amides is 6. The lowest BCUT2D eigenvalue weighted by molar-refractivity contribution is -0.138. The van der Waals surface area contributed by atoms with Gasteiger partial charge in [0, 0.05) is 54.8 Å². The van der Waals surface area contributed by atoms with Gasteiger partial charge >= 0.3 is 5.97 Å². The van der Waals surface area contributed by atoms with Gasteiger partial charge in [0.05, 0.1) is 12.9 Å². The zero-order chi connectivity index (χ0) is 40.5. The number of primary amides is 1. The summed E-state index contributed by atoms with van der Waals surface area (Å²) >= 11 is 0. The smallest absolute Gasteiger partial charge is 0.322 e. The van der Waals surface area contributed by atoms with E-state index in [1.807, 2.05) is 0 Å². The molecule has 3 rings (SSSR count). The number of imidazole rings is 1. The summed E-state index contributed by atoms with van der Waals surface area (Å²) in [6.45, 7) is -1.37. The van der Waals surface area contributed by atoms with Gasteiger partial charge in [0.2, 0.25) is 35.4 Å². The van der Waals surface area contributed by atoms with Crippen LogP contribution in [-0.2, 0) is 46.4 Å². The van der Waals surface area contributed by atoms with Crippen molar-refractivity contribution in [3.63, 3.8) is 0 Å². The Morgan fingerprint density at radius 3 is 2.04 bits per heavy atom. The van der Waals surface area contributed by atoms with Crippen LogP contribution in [0.4, 0.5) is 0 Å². The molecule has 0 aliphatic carbocycles. The highest BCUT2D eigenvalue weighted by molar-refractivity contribution is 5.97. The molecule has 0 fully saturated rings. The van der Waals surface area contributed by atoms with Crippen LogP contribution < -0.4 is 49.5 Å². The SMILES string of the molecule is NC(=O)CC[C@H](NC(=O)[C@@H](N)CO)C(=O)N[C@@H](Cc1c[nH]c2ccccc12)C(=O)N[C@@H](Cc1cnc[nH]1)C(=O)N[C@@H](CCCN=C(N)N)C(=O)NCC(=O)O. The first-order valence-corrected chi connectivity index (χ1v) is 17.1. The molecule has 0 spiro atoms. The van der Waals surface area contributed by atoms with Gasteiger partial charge in [0.1, 0.15) is 36.8 Å².